The van der Waals surface area contributed by atoms with E-state index in [1.807, 2.05) is 30.5 Å². The largest absolute Gasteiger partial charge is 0.496 e. The van der Waals surface area contributed by atoms with Crippen LogP contribution in [0.1, 0.15) is 11.8 Å². The Morgan fingerprint density at radius 3 is 2.73 bits per heavy atom. The van der Waals surface area contributed by atoms with E-state index in [0.717, 1.165) is 11.3 Å². The minimum absolute atomic E-state index is 0.405. The summed E-state index contributed by atoms with van der Waals surface area (Å²) in [4.78, 5) is 13.4. The highest BCUT2D eigenvalue weighted by Gasteiger charge is 2.44. The molecule has 0 unspecified atom stereocenters. The number of ether oxygens (including phenoxy) is 2. The number of nitrogens with zero attached hydrogens (tertiary/aromatic N) is 4. The standard InChI is InChI=1S/C19H23N5O5S/c1-28-11-6-4-3-5-10(11)7-20-16-13-17(23-19(22-16)30-2)24(9-21-13)18-15(27)14(26)12(8-25)29-18/h3-6,9,12,14-15,18,25-27H,7-8H2,1-2H3,(H,20,22,23)/t12-,14-,15-,18-/m1/s1. The molecule has 30 heavy (non-hydrogen) atoms. The molecule has 3 heterocycles. The lowest BCUT2D eigenvalue weighted by Crippen LogP contribution is -2.33. The molecule has 0 bridgehead atoms. The van der Waals surface area contributed by atoms with E-state index in [9.17, 15) is 15.3 Å². The molecule has 0 radical (unpaired) electrons. The molecule has 3 aromatic rings. The molecular weight excluding hydrogens is 410 g/mol. The second-order valence-corrected chi connectivity index (χ2v) is 7.55. The van der Waals surface area contributed by atoms with Crippen LogP contribution in [0.2, 0.25) is 0 Å². The lowest BCUT2D eigenvalue weighted by Gasteiger charge is -2.17. The van der Waals surface area contributed by atoms with Gasteiger partial charge in [0.15, 0.2) is 28.4 Å². The molecule has 0 spiro atoms. The fourth-order valence-corrected chi connectivity index (χ4v) is 3.80. The van der Waals surface area contributed by atoms with Crippen molar-refractivity contribution < 1.29 is 24.8 Å². The van der Waals surface area contributed by atoms with Crippen LogP contribution in [0.3, 0.4) is 0 Å². The summed E-state index contributed by atoms with van der Waals surface area (Å²) in [5.41, 5.74) is 1.91. The van der Waals surface area contributed by atoms with Gasteiger partial charge in [0.1, 0.15) is 24.1 Å². The number of hydrogen-bond acceptors (Lipinski definition) is 10. The molecule has 0 saturated carbocycles. The molecule has 0 amide bonds. The summed E-state index contributed by atoms with van der Waals surface area (Å²) < 4.78 is 12.6. The third kappa shape index (κ3) is 3.70. The summed E-state index contributed by atoms with van der Waals surface area (Å²) in [5.74, 6) is 1.29. The minimum atomic E-state index is -1.22. The number of imidazole rings is 1. The van der Waals surface area contributed by atoms with Crippen molar-refractivity contribution in [2.45, 2.75) is 36.2 Å². The summed E-state index contributed by atoms with van der Waals surface area (Å²) in [6.45, 7) is 0.0583. The Balaban J connectivity index is 1.68. The number of aliphatic hydroxyl groups excluding tert-OH is 3. The van der Waals surface area contributed by atoms with Gasteiger partial charge in [0, 0.05) is 12.1 Å². The van der Waals surface area contributed by atoms with Gasteiger partial charge in [-0.2, -0.15) is 0 Å². The zero-order valence-electron chi connectivity index (χ0n) is 16.5. The lowest BCUT2D eigenvalue weighted by molar-refractivity contribution is -0.0511. The van der Waals surface area contributed by atoms with Gasteiger partial charge in [-0.3, -0.25) is 4.57 Å². The van der Waals surface area contributed by atoms with E-state index in [-0.39, 0.29) is 0 Å². The maximum Gasteiger partial charge on any atom is 0.191 e. The van der Waals surface area contributed by atoms with E-state index in [1.54, 1.807) is 11.7 Å². The summed E-state index contributed by atoms with van der Waals surface area (Å²) in [6.07, 6.45) is -0.892. The number of aromatic nitrogens is 4. The number of benzene rings is 1. The van der Waals surface area contributed by atoms with Gasteiger partial charge < -0.3 is 30.1 Å². The first-order valence-corrected chi connectivity index (χ1v) is 10.6. The first-order valence-electron chi connectivity index (χ1n) is 9.34. The number of fused-ring (bicyclic) bond motifs is 1. The smallest absolute Gasteiger partial charge is 0.191 e. The lowest BCUT2D eigenvalue weighted by atomic mass is 10.1. The molecule has 1 saturated heterocycles. The minimum Gasteiger partial charge on any atom is -0.496 e. The SMILES string of the molecule is COc1ccccc1CNc1nc(SC)nc2c1ncn2[C@@H]1O[C@H](CO)[C@@H](O)[C@H]1O. The highest BCUT2D eigenvalue weighted by molar-refractivity contribution is 7.98. The van der Waals surface area contributed by atoms with E-state index in [2.05, 4.69) is 20.3 Å². The number of anilines is 1. The first-order chi connectivity index (χ1) is 14.6. The van der Waals surface area contributed by atoms with Gasteiger partial charge in [0.05, 0.1) is 20.0 Å². The van der Waals surface area contributed by atoms with Gasteiger partial charge in [0.2, 0.25) is 0 Å². The van der Waals surface area contributed by atoms with Crippen LogP contribution in [-0.2, 0) is 11.3 Å². The molecule has 4 atom stereocenters. The Hall–Kier alpha value is -2.44. The van der Waals surface area contributed by atoms with E-state index in [0.29, 0.717) is 28.7 Å². The van der Waals surface area contributed by atoms with Crippen molar-refractivity contribution in [1.82, 2.24) is 19.5 Å². The molecule has 0 aliphatic carbocycles. The Kier molecular flexibility index (Phi) is 6.06. The molecule has 11 heteroatoms. The van der Waals surface area contributed by atoms with Crippen LogP contribution in [-0.4, -0.2) is 73.1 Å². The first kappa shape index (κ1) is 20.8. The number of rotatable bonds is 7. The molecule has 1 fully saturated rings. The van der Waals surface area contributed by atoms with Crippen molar-refractivity contribution >= 4 is 28.7 Å². The number of hydrogen-bond donors (Lipinski definition) is 4. The molecule has 4 N–H and O–H groups in total. The number of nitrogens with one attached hydrogen (secondary N) is 1. The number of thioether (sulfide) groups is 1. The van der Waals surface area contributed by atoms with Crippen LogP contribution >= 0.6 is 11.8 Å². The van der Waals surface area contributed by atoms with Gasteiger partial charge in [-0.25, -0.2) is 15.0 Å². The molecule has 1 aromatic carbocycles. The molecule has 160 valence electrons. The second kappa shape index (κ2) is 8.74. The van der Waals surface area contributed by atoms with Crippen LogP contribution < -0.4 is 10.1 Å². The van der Waals surface area contributed by atoms with Crippen LogP contribution in [0.5, 0.6) is 5.75 Å². The van der Waals surface area contributed by atoms with Crippen LogP contribution in [0.4, 0.5) is 5.82 Å². The zero-order chi connectivity index (χ0) is 21.3. The quantitative estimate of drug-likeness (QED) is 0.313. The fourth-order valence-electron chi connectivity index (χ4n) is 3.44. The molecule has 2 aromatic heterocycles. The fraction of sp³-hybridized carbons (Fsp3) is 0.421. The average Bonchev–Trinajstić information content (AvgIpc) is 3.32. The highest BCUT2D eigenvalue weighted by Crippen LogP contribution is 2.33. The number of methoxy groups -OCH3 is 1. The normalized spacial score (nSPS) is 23.8. The van der Waals surface area contributed by atoms with Gasteiger partial charge in [-0.15, -0.1) is 0 Å². The maximum absolute atomic E-state index is 10.4. The molecule has 10 nitrogen and oxygen atoms in total. The van der Waals surface area contributed by atoms with Gasteiger partial charge in [-0.1, -0.05) is 30.0 Å². The summed E-state index contributed by atoms with van der Waals surface area (Å²) >= 11 is 1.37. The Morgan fingerprint density at radius 2 is 2.03 bits per heavy atom. The molecule has 1 aliphatic heterocycles. The van der Waals surface area contributed by atoms with E-state index >= 15 is 0 Å². The summed E-state index contributed by atoms with van der Waals surface area (Å²) in [7, 11) is 1.62. The van der Waals surface area contributed by atoms with Crippen molar-refractivity contribution in [3.05, 3.63) is 36.2 Å². The van der Waals surface area contributed by atoms with Gasteiger partial charge in [-0.05, 0) is 12.3 Å². The predicted octanol–water partition coefficient (Wildman–Crippen LogP) is 0.780. The summed E-state index contributed by atoms with van der Waals surface area (Å²) in [6, 6.07) is 7.67. The van der Waals surface area contributed by atoms with Crippen LogP contribution in [0, 0.1) is 0 Å². The Labute approximate surface area is 176 Å². The Bertz CT molecular complexity index is 1030. The number of aliphatic hydroxyl groups is 3. The monoisotopic (exact) mass is 433 g/mol. The van der Waals surface area contributed by atoms with Crippen molar-refractivity contribution in [2.75, 3.05) is 25.3 Å². The molecule has 1 aliphatic rings. The van der Waals surface area contributed by atoms with Crippen molar-refractivity contribution in [2.24, 2.45) is 0 Å². The third-order valence-corrected chi connectivity index (χ3v) is 5.56. The molecule has 4 rings (SSSR count). The van der Waals surface area contributed by atoms with Gasteiger partial charge in [0.25, 0.3) is 0 Å². The van der Waals surface area contributed by atoms with Gasteiger partial charge >= 0.3 is 0 Å². The topological polar surface area (TPSA) is 135 Å². The Morgan fingerprint density at radius 1 is 1.23 bits per heavy atom. The van der Waals surface area contributed by atoms with E-state index in [4.69, 9.17) is 9.47 Å². The van der Waals surface area contributed by atoms with E-state index < -0.39 is 31.1 Å². The average molecular weight is 433 g/mol. The summed E-state index contributed by atoms with van der Waals surface area (Å²) in [5, 5.41) is 33.6. The van der Waals surface area contributed by atoms with Crippen molar-refractivity contribution in [1.29, 1.82) is 0 Å². The van der Waals surface area contributed by atoms with Crippen molar-refractivity contribution in [3.63, 3.8) is 0 Å². The van der Waals surface area contributed by atoms with Crippen LogP contribution in [0.15, 0.2) is 35.7 Å². The third-order valence-electron chi connectivity index (χ3n) is 5.01. The number of para-hydroxylation sites is 1. The van der Waals surface area contributed by atoms with Crippen LogP contribution in [0.25, 0.3) is 11.2 Å². The zero-order valence-corrected chi connectivity index (χ0v) is 17.3. The second-order valence-electron chi connectivity index (χ2n) is 6.78. The van der Waals surface area contributed by atoms with Crippen molar-refractivity contribution in [3.8, 4) is 5.75 Å². The predicted molar refractivity (Wildman–Crippen MR) is 110 cm³/mol. The van der Waals surface area contributed by atoms with E-state index in [1.165, 1.54) is 18.1 Å². The molecular formula is C19H23N5O5S. The highest BCUT2D eigenvalue weighted by atomic mass is 32.2. The maximum atomic E-state index is 10.4.